The van der Waals surface area contributed by atoms with Gasteiger partial charge < -0.3 is 29.9 Å². The van der Waals surface area contributed by atoms with Gasteiger partial charge in [-0.1, -0.05) is 50.7 Å². The Morgan fingerprint density at radius 3 is 1.81 bits per heavy atom. The first kappa shape index (κ1) is 33.6. The molecule has 0 aliphatic carbocycles. The number of benzene rings is 1. The second-order valence-corrected chi connectivity index (χ2v) is 7.38. The summed E-state index contributed by atoms with van der Waals surface area (Å²) in [6, 6.07) is 7.16. The molecule has 0 fully saturated rings. The molecular formula is C23H33NNa2O6. The molecule has 0 heterocycles. The van der Waals surface area contributed by atoms with Crippen molar-refractivity contribution in [2.24, 2.45) is 0 Å². The fourth-order valence-electron chi connectivity index (χ4n) is 3.09. The zero-order chi connectivity index (χ0) is 22.0. The maximum absolute atomic E-state index is 12.4. The smallest absolute Gasteiger partial charge is 0.550 e. The molecule has 168 valence electrons. The van der Waals surface area contributed by atoms with E-state index in [9.17, 15) is 24.6 Å². The van der Waals surface area contributed by atoms with Gasteiger partial charge in [-0.15, -0.1) is 0 Å². The summed E-state index contributed by atoms with van der Waals surface area (Å²) < 4.78 is 5.78. The number of unbranched alkanes of at least 4 members (excludes halogenated alkanes) is 8. The second-order valence-electron chi connectivity index (χ2n) is 7.38. The fraction of sp³-hybridized carbons (Fsp3) is 0.609. The van der Waals surface area contributed by atoms with Crippen molar-refractivity contribution in [2.75, 3.05) is 13.2 Å². The van der Waals surface area contributed by atoms with Gasteiger partial charge >= 0.3 is 59.1 Å². The van der Waals surface area contributed by atoms with Crippen molar-refractivity contribution in [3.8, 4) is 5.75 Å². The van der Waals surface area contributed by atoms with E-state index in [1.807, 2.05) is 6.07 Å². The topological polar surface area (TPSA) is 119 Å². The summed E-state index contributed by atoms with van der Waals surface area (Å²) in [5.41, 5.74) is 0.514. The van der Waals surface area contributed by atoms with E-state index in [2.05, 4.69) is 5.32 Å². The molecule has 0 saturated heterocycles. The quantitative estimate of drug-likeness (QED) is 0.174. The van der Waals surface area contributed by atoms with Crippen molar-refractivity contribution in [1.29, 1.82) is 0 Å². The van der Waals surface area contributed by atoms with Crippen molar-refractivity contribution in [2.45, 2.75) is 77.0 Å². The van der Waals surface area contributed by atoms with E-state index >= 15 is 0 Å². The van der Waals surface area contributed by atoms with Crippen molar-refractivity contribution < 1.29 is 88.4 Å². The Morgan fingerprint density at radius 2 is 1.22 bits per heavy atom. The molecule has 0 aromatic heterocycles. The summed E-state index contributed by atoms with van der Waals surface area (Å²) in [6.45, 7) is 1.08. The molecule has 0 aliphatic rings. The van der Waals surface area contributed by atoms with E-state index in [0.29, 0.717) is 37.3 Å². The summed E-state index contributed by atoms with van der Waals surface area (Å²) in [4.78, 5) is 33.1. The van der Waals surface area contributed by atoms with Crippen molar-refractivity contribution in [3.63, 3.8) is 0 Å². The van der Waals surface area contributed by atoms with Gasteiger partial charge in [-0.25, -0.2) is 0 Å². The van der Waals surface area contributed by atoms with Crippen LogP contribution in [0.3, 0.4) is 0 Å². The number of carbonyl (C=O) groups excluding carboxylic acids is 3. The number of carbonyl (C=O) groups is 3. The number of hydrogen-bond donors (Lipinski definition) is 1. The van der Waals surface area contributed by atoms with Gasteiger partial charge in [0.05, 0.1) is 12.2 Å². The molecule has 0 atom stereocenters. The van der Waals surface area contributed by atoms with Crippen molar-refractivity contribution in [3.05, 3.63) is 29.8 Å². The average Bonchev–Trinajstić information content (AvgIpc) is 2.71. The Bertz CT molecular complexity index is 657. The molecule has 7 nitrogen and oxygen atoms in total. The van der Waals surface area contributed by atoms with E-state index in [1.165, 1.54) is 0 Å². The van der Waals surface area contributed by atoms with Crippen LogP contribution in [0.15, 0.2) is 24.3 Å². The third-order valence-corrected chi connectivity index (χ3v) is 4.76. The van der Waals surface area contributed by atoms with Crippen LogP contribution in [0, 0.1) is 0 Å². The van der Waals surface area contributed by atoms with Crippen LogP contribution in [-0.2, 0) is 9.59 Å². The summed E-state index contributed by atoms with van der Waals surface area (Å²) >= 11 is 0. The van der Waals surface area contributed by atoms with Crippen LogP contribution in [0.5, 0.6) is 5.75 Å². The molecule has 32 heavy (non-hydrogen) atoms. The minimum atomic E-state index is -1.00. The van der Waals surface area contributed by atoms with Gasteiger partial charge in [-0.2, -0.15) is 0 Å². The normalized spacial score (nSPS) is 9.88. The number of carboxylic acid groups (broad SMARTS) is 2. The molecule has 1 rings (SSSR count). The third kappa shape index (κ3) is 17.9. The molecule has 9 heteroatoms. The van der Waals surface area contributed by atoms with Gasteiger partial charge in [0.2, 0.25) is 0 Å². The van der Waals surface area contributed by atoms with Gasteiger partial charge in [-0.3, -0.25) is 4.79 Å². The molecular weight excluding hydrogens is 432 g/mol. The number of para-hydroxylation sites is 1. The Morgan fingerprint density at radius 1 is 0.719 bits per heavy atom. The zero-order valence-corrected chi connectivity index (χ0v) is 23.7. The molecule has 0 bridgehead atoms. The van der Waals surface area contributed by atoms with Gasteiger partial charge in [0.1, 0.15) is 5.75 Å². The number of aliphatic carboxylic acids is 2. The molecule has 1 aromatic rings. The maximum Gasteiger partial charge on any atom is 1.00 e. The Labute approximate surface area is 235 Å². The first-order valence-corrected chi connectivity index (χ1v) is 10.9. The molecule has 1 amide bonds. The summed E-state index contributed by atoms with van der Waals surface area (Å²) in [5.74, 6) is -1.60. The van der Waals surface area contributed by atoms with Crippen LogP contribution in [-0.4, -0.2) is 31.0 Å². The summed E-state index contributed by atoms with van der Waals surface area (Å²) in [7, 11) is 0. The van der Waals surface area contributed by atoms with Crippen LogP contribution < -0.4 is 79.4 Å². The Balaban J connectivity index is 0. The minimum Gasteiger partial charge on any atom is -0.550 e. The molecule has 0 radical (unpaired) electrons. The number of nitrogens with one attached hydrogen (secondary N) is 1. The zero-order valence-electron chi connectivity index (χ0n) is 19.7. The van der Waals surface area contributed by atoms with E-state index < -0.39 is 11.9 Å². The fourth-order valence-corrected chi connectivity index (χ4v) is 3.09. The van der Waals surface area contributed by atoms with Crippen molar-refractivity contribution >= 4 is 17.8 Å². The van der Waals surface area contributed by atoms with E-state index in [4.69, 9.17) is 4.74 Å². The van der Waals surface area contributed by atoms with E-state index in [0.717, 1.165) is 51.4 Å². The van der Waals surface area contributed by atoms with E-state index in [-0.39, 0.29) is 77.9 Å². The minimum absolute atomic E-state index is 0. The number of amides is 1. The van der Waals surface area contributed by atoms with Crippen molar-refractivity contribution in [1.82, 2.24) is 5.32 Å². The Hall–Kier alpha value is -0.570. The molecule has 0 unspecified atom stereocenters. The van der Waals surface area contributed by atoms with Gasteiger partial charge in [0.25, 0.3) is 5.91 Å². The summed E-state index contributed by atoms with van der Waals surface area (Å²) in [5, 5.41) is 23.6. The predicted molar refractivity (Wildman–Crippen MR) is 110 cm³/mol. The predicted octanol–water partition coefficient (Wildman–Crippen LogP) is -4.02. The second kappa shape index (κ2) is 22.2. The summed E-state index contributed by atoms with van der Waals surface area (Å²) in [6.07, 6.45) is 8.69. The molecule has 0 saturated carbocycles. The van der Waals surface area contributed by atoms with Gasteiger partial charge in [0.15, 0.2) is 0 Å². The number of ether oxygens (including phenoxy) is 1. The number of rotatable bonds is 18. The number of hydrogen-bond acceptors (Lipinski definition) is 6. The standard InChI is InChI=1S/C23H35NO6.2Na/c25-21(26)15-7-3-1-5-11-17-24-23(29)19-13-9-10-14-20(19)30-18-12-6-2-4-8-16-22(27)28;;/h9-10,13-14H,1-8,11-12,15-18H2,(H,24,29)(H,25,26)(H,27,28);;/q;2*+1/p-2. The number of carboxylic acids is 2. The van der Waals surface area contributed by atoms with Gasteiger partial charge in [-0.05, 0) is 50.7 Å². The first-order valence-electron chi connectivity index (χ1n) is 10.9. The molecule has 0 aliphatic heterocycles. The van der Waals surface area contributed by atoms with Crippen LogP contribution in [0.1, 0.15) is 87.4 Å². The van der Waals surface area contributed by atoms with Gasteiger partial charge in [0, 0.05) is 18.5 Å². The molecule has 1 N–H and O–H groups in total. The Kier molecular flexibility index (Phi) is 23.3. The maximum atomic E-state index is 12.4. The molecule has 1 aromatic carbocycles. The third-order valence-electron chi connectivity index (χ3n) is 4.76. The SMILES string of the molecule is O=C([O-])CCCCCCCNC(=O)c1ccccc1OCCCCCCCC(=O)[O-].[Na+].[Na+]. The molecule has 0 spiro atoms. The van der Waals surface area contributed by atoms with Crippen LogP contribution in [0.25, 0.3) is 0 Å². The first-order chi connectivity index (χ1) is 14.5. The van der Waals surface area contributed by atoms with Crippen LogP contribution in [0.4, 0.5) is 0 Å². The van der Waals surface area contributed by atoms with Crippen LogP contribution in [0.2, 0.25) is 0 Å². The average molecular weight is 465 g/mol. The largest absolute Gasteiger partial charge is 1.00 e. The van der Waals surface area contributed by atoms with E-state index in [1.54, 1.807) is 18.2 Å². The van der Waals surface area contributed by atoms with Crippen LogP contribution >= 0.6 is 0 Å². The monoisotopic (exact) mass is 465 g/mol.